The van der Waals surface area contributed by atoms with Gasteiger partial charge in [0.1, 0.15) is 29.9 Å². The highest BCUT2D eigenvalue weighted by atomic mass is 32.2. The van der Waals surface area contributed by atoms with Crippen LogP contribution in [0.3, 0.4) is 0 Å². The van der Waals surface area contributed by atoms with Crippen LogP contribution in [0, 0.1) is 5.82 Å². The van der Waals surface area contributed by atoms with Crippen LogP contribution in [0.25, 0.3) is 0 Å². The summed E-state index contributed by atoms with van der Waals surface area (Å²) >= 11 is 0. The normalized spacial score (nSPS) is 14.2. The SMILES string of the molecule is CC[C@@H](C(=O)NC1CCCCC1)N(Cc1ccc(F)cc1)C(=O)CN(c1ccc(Oc2ccccc2)cc1)S(=O)(=O)c1ccccc1. The Morgan fingerprint density at radius 1 is 0.830 bits per heavy atom. The molecule has 10 heteroatoms. The van der Waals surface area contributed by atoms with Gasteiger partial charge in [-0.25, -0.2) is 12.8 Å². The minimum Gasteiger partial charge on any atom is -0.457 e. The van der Waals surface area contributed by atoms with Gasteiger partial charge in [0.05, 0.1) is 10.6 Å². The molecule has 5 rings (SSSR count). The molecule has 0 aromatic heterocycles. The Kier molecular flexibility index (Phi) is 11.3. The summed E-state index contributed by atoms with van der Waals surface area (Å²) in [6, 6.07) is 28.4. The van der Waals surface area contributed by atoms with E-state index in [0.29, 0.717) is 23.5 Å². The second kappa shape index (κ2) is 15.7. The van der Waals surface area contributed by atoms with E-state index >= 15 is 0 Å². The van der Waals surface area contributed by atoms with E-state index in [9.17, 15) is 22.4 Å². The van der Waals surface area contributed by atoms with Gasteiger partial charge in [0.15, 0.2) is 0 Å². The number of sulfonamides is 1. The van der Waals surface area contributed by atoms with Crippen LogP contribution in [0.15, 0.2) is 114 Å². The zero-order valence-electron chi connectivity index (χ0n) is 26.4. The molecule has 47 heavy (non-hydrogen) atoms. The van der Waals surface area contributed by atoms with Crippen LogP contribution in [0.1, 0.15) is 51.0 Å². The first-order valence-corrected chi connectivity index (χ1v) is 17.4. The third-order valence-corrected chi connectivity index (χ3v) is 10.1. The van der Waals surface area contributed by atoms with Crippen molar-refractivity contribution < 1.29 is 27.1 Å². The lowest BCUT2D eigenvalue weighted by molar-refractivity contribution is -0.140. The average molecular weight is 658 g/mol. The van der Waals surface area contributed by atoms with Gasteiger partial charge in [-0.3, -0.25) is 13.9 Å². The number of ether oxygens (including phenoxy) is 1. The first-order chi connectivity index (χ1) is 22.7. The van der Waals surface area contributed by atoms with E-state index in [2.05, 4.69) is 5.32 Å². The van der Waals surface area contributed by atoms with E-state index in [4.69, 9.17) is 4.74 Å². The standard InChI is InChI=1S/C37H40FN3O5S/c1-2-35(37(43)39-30-12-6-3-7-13-30)40(26-28-18-20-29(38)21-19-28)36(42)27-41(47(44,45)34-16-10-5-11-17-34)31-22-24-33(25-23-31)46-32-14-8-4-9-15-32/h4-5,8-11,14-25,30,35H,2-3,6-7,12-13,26-27H2,1H3,(H,39,43)/t35-/m0/s1. The lowest BCUT2D eigenvalue weighted by atomic mass is 9.95. The summed E-state index contributed by atoms with van der Waals surface area (Å²) in [5, 5.41) is 3.13. The molecular formula is C37H40FN3O5S. The topological polar surface area (TPSA) is 96.0 Å². The van der Waals surface area contributed by atoms with Crippen molar-refractivity contribution in [3.8, 4) is 11.5 Å². The number of halogens is 1. The molecule has 2 amide bonds. The molecule has 0 bridgehead atoms. The maximum Gasteiger partial charge on any atom is 0.264 e. The van der Waals surface area contributed by atoms with Crippen LogP contribution >= 0.6 is 0 Å². The number of benzene rings is 4. The van der Waals surface area contributed by atoms with E-state index in [-0.39, 0.29) is 29.1 Å². The maximum atomic E-state index is 14.3. The molecule has 1 atom stereocenters. The third-order valence-electron chi connectivity index (χ3n) is 8.32. The van der Waals surface area contributed by atoms with Crippen molar-refractivity contribution in [3.05, 3.63) is 121 Å². The van der Waals surface area contributed by atoms with Crippen molar-refractivity contribution in [2.24, 2.45) is 0 Å². The zero-order chi connectivity index (χ0) is 33.2. The van der Waals surface area contributed by atoms with Gasteiger partial charge in [-0.15, -0.1) is 0 Å². The van der Waals surface area contributed by atoms with Gasteiger partial charge in [-0.05, 0) is 85.5 Å². The molecule has 1 aliphatic rings. The molecular weight excluding hydrogens is 617 g/mol. The van der Waals surface area contributed by atoms with Crippen molar-refractivity contribution in [3.63, 3.8) is 0 Å². The number of anilines is 1. The number of nitrogens with one attached hydrogen (secondary N) is 1. The van der Waals surface area contributed by atoms with Crippen LogP contribution in [-0.4, -0.2) is 43.8 Å². The van der Waals surface area contributed by atoms with Crippen molar-refractivity contribution in [2.45, 2.75) is 69.0 Å². The lowest BCUT2D eigenvalue weighted by Gasteiger charge is -2.34. The molecule has 1 N–H and O–H groups in total. The Morgan fingerprint density at radius 2 is 1.43 bits per heavy atom. The van der Waals surface area contributed by atoms with Crippen LogP contribution < -0.4 is 14.4 Å². The van der Waals surface area contributed by atoms with Gasteiger partial charge in [-0.1, -0.05) is 74.7 Å². The molecule has 8 nitrogen and oxygen atoms in total. The maximum absolute atomic E-state index is 14.3. The molecule has 4 aromatic carbocycles. The molecule has 1 fully saturated rings. The van der Waals surface area contributed by atoms with Crippen molar-refractivity contribution in [1.29, 1.82) is 0 Å². The number of nitrogens with zero attached hydrogens (tertiary/aromatic N) is 2. The lowest BCUT2D eigenvalue weighted by Crippen LogP contribution is -2.54. The molecule has 1 aliphatic carbocycles. The van der Waals surface area contributed by atoms with E-state index in [0.717, 1.165) is 36.4 Å². The zero-order valence-corrected chi connectivity index (χ0v) is 27.2. The Bertz CT molecular complexity index is 1710. The second-order valence-corrected chi connectivity index (χ2v) is 13.5. The summed E-state index contributed by atoms with van der Waals surface area (Å²) in [4.78, 5) is 29.4. The number of para-hydroxylation sites is 1. The summed E-state index contributed by atoms with van der Waals surface area (Å²) in [7, 11) is -4.21. The molecule has 0 saturated heterocycles. The van der Waals surface area contributed by atoms with E-state index < -0.39 is 34.3 Å². The Morgan fingerprint density at radius 3 is 2.04 bits per heavy atom. The highest BCUT2D eigenvalue weighted by Gasteiger charge is 2.34. The highest BCUT2D eigenvalue weighted by molar-refractivity contribution is 7.92. The predicted molar refractivity (Wildman–Crippen MR) is 180 cm³/mol. The predicted octanol–water partition coefficient (Wildman–Crippen LogP) is 7.07. The van der Waals surface area contributed by atoms with E-state index in [1.165, 1.54) is 29.2 Å². The number of amides is 2. The van der Waals surface area contributed by atoms with Gasteiger partial charge in [0.25, 0.3) is 10.0 Å². The minimum atomic E-state index is -4.21. The fourth-order valence-corrected chi connectivity index (χ4v) is 7.24. The summed E-state index contributed by atoms with van der Waals surface area (Å²) in [6.07, 6.45) is 5.25. The largest absolute Gasteiger partial charge is 0.457 e. The summed E-state index contributed by atoms with van der Waals surface area (Å²) in [6.45, 7) is 1.25. The van der Waals surface area contributed by atoms with Crippen molar-refractivity contribution >= 4 is 27.5 Å². The summed E-state index contributed by atoms with van der Waals surface area (Å²) < 4.78 is 48.9. The number of carbonyl (C=O) groups is 2. The van der Waals surface area contributed by atoms with Crippen LogP contribution in [0.5, 0.6) is 11.5 Å². The summed E-state index contributed by atoms with van der Waals surface area (Å²) in [5.74, 6) is -0.156. The van der Waals surface area contributed by atoms with Gasteiger partial charge in [0, 0.05) is 12.6 Å². The molecule has 0 aliphatic heterocycles. The molecule has 4 aromatic rings. The van der Waals surface area contributed by atoms with Crippen LogP contribution in [0.2, 0.25) is 0 Å². The minimum absolute atomic E-state index is 0.00121. The van der Waals surface area contributed by atoms with Gasteiger partial charge in [0.2, 0.25) is 11.8 Å². The van der Waals surface area contributed by atoms with Gasteiger partial charge >= 0.3 is 0 Å². The molecule has 0 unspecified atom stereocenters. The first-order valence-electron chi connectivity index (χ1n) is 16.0. The van der Waals surface area contributed by atoms with Gasteiger partial charge in [-0.2, -0.15) is 0 Å². The molecule has 0 radical (unpaired) electrons. The quantitative estimate of drug-likeness (QED) is 0.166. The second-order valence-electron chi connectivity index (χ2n) is 11.6. The third kappa shape index (κ3) is 8.77. The Hall–Kier alpha value is -4.70. The summed E-state index contributed by atoms with van der Waals surface area (Å²) in [5.41, 5.74) is 0.868. The number of hydrogen-bond donors (Lipinski definition) is 1. The average Bonchev–Trinajstić information content (AvgIpc) is 3.09. The van der Waals surface area contributed by atoms with Crippen molar-refractivity contribution in [1.82, 2.24) is 10.2 Å². The number of rotatable bonds is 13. The molecule has 246 valence electrons. The monoisotopic (exact) mass is 657 g/mol. The fraction of sp³-hybridized carbons (Fsp3) is 0.297. The first kappa shape index (κ1) is 33.7. The number of hydrogen-bond acceptors (Lipinski definition) is 5. The molecule has 0 spiro atoms. The fourth-order valence-electron chi connectivity index (χ4n) is 5.80. The van der Waals surface area contributed by atoms with Crippen molar-refractivity contribution in [2.75, 3.05) is 10.8 Å². The molecule has 0 heterocycles. The Balaban J connectivity index is 1.47. The smallest absolute Gasteiger partial charge is 0.264 e. The highest BCUT2D eigenvalue weighted by Crippen LogP contribution is 2.29. The Labute approximate surface area is 276 Å². The molecule has 1 saturated carbocycles. The van der Waals surface area contributed by atoms with E-state index in [1.54, 1.807) is 54.6 Å². The van der Waals surface area contributed by atoms with Crippen LogP contribution in [0.4, 0.5) is 10.1 Å². The van der Waals surface area contributed by atoms with Gasteiger partial charge < -0.3 is 15.0 Å². The van der Waals surface area contributed by atoms with E-state index in [1.807, 2.05) is 37.3 Å². The number of carbonyl (C=O) groups excluding carboxylic acids is 2. The van der Waals surface area contributed by atoms with Crippen LogP contribution in [-0.2, 0) is 26.2 Å².